The molecule has 0 aliphatic heterocycles. The quantitative estimate of drug-likeness (QED) is 0.426. The van der Waals surface area contributed by atoms with Crippen LogP contribution in [0.2, 0.25) is 0 Å². The monoisotopic (exact) mass is 236 g/mol. The Bertz CT molecular complexity index is 338. The standard InChI is InChI=1S/C14H20O3/c1-5-6-7-10-13(17-14(15)16-4)11-8-9-12(2)3/h5-6,9,13H,8,11H2,1-4H3. The predicted molar refractivity (Wildman–Crippen MR) is 68.5 cm³/mol. The molecule has 0 rings (SSSR count). The van der Waals surface area contributed by atoms with Gasteiger partial charge in [0, 0.05) is 0 Å². The third-order valence-corrected chi connectivity index (χ3v) is 1.88. The van der Waals surface area contributed by atoms with Gasteiger partial charge in [-0.05, 0) is 39.7 Å². The van der Waals surface area contributed by atoms with E-state index in [2.05, 4.69) is 22.7 Å². The molecule has 1 atom stereocenters. The number of hydrogen-bond acceptors (Lipinski definition) is 3. The molecule has 0 aromatic heterocycles. The molecule has 0 radical (unpaired) electrons. The summed E-state index contributed by atoms with van der Waals surface area (Å²) in [5, 5.41) is 0. The van der Waals surface area contributed by atoms with E-state index in [1.807, 2.05) is 26.8 Å². The smallest absolute Gasteiger partial charge is 0.438 e. The van der Waals surface area contributed by atoms with E-state index in [4.69, 9.17) is 4.74 Å². The van der Waals surface area contributed by atoms with E-state index in [1.54, 1.807) is 6.08 Å². The van der Waals surface area contributed by atoms with Crippen LogP contribution in [0.3, 0.4) is 0 Å². The predicted octanol–water partition coefficient (Wildman–Crippen LogP) is 3.46. The number of methoxy groups -OCH3 is 1. The van der Waals surface area contributed by atoms with Crippen LogP contribution in [0.4, 0.5) is 4.79 Å². The van der Waals surface area contributed by atoms with Gasteiger partial charge in [-0.25, -0.2) is 4.79 Å². The van der Waals surface area contributed by atoms with E-state index in [0.717, 1.165) is 6.42 Å². The molecule has 0 spiro atoms. The van der Waals surface area contributed by atoms with Crippen LogP contribution in [0.15, 0.2) is 23.8 Å². The Morgan fingerprint density at radius 2 is 2.12 bits per heavy atom. The lowest BCUT2D eigenvalue weighted by Gasteiger charge is -2.09. The molecular formula is C14H20O3. The summed E-state index contributed by atoms with van der Waals surface area (Å²) in [6, 6.07) is 0. The highest BCUT2D eigenvalue weighted by atomic mass is 16.7. The summed E-state index contributed by atoms with van der Waals surface area (Å²) < 4.78 is 9.48. The van der Waals surface area contributed by atoms with Crippen molar-refractivity contribution in [3.05, 3.63) is 23.8 Å². The number of allylic oxidation sites excluding steroid dienone is 4. The highest BCUT2D eigenvalue weighted by molar-refractivity contribution is 5.60. The number of hydrogen-bond donors (Lipinski definition) is 0. The van der Waals surface area contributed by atoms with E-state index in [0.29, 0.717) is 6.42 Å². The van der Waals surface area contributed by atoms with Gasteiger partial charge in [0.05, 0.1) is 7.11 Å². The summed E-state index contributed by atoms with van der Waals surface area (Å²) in [4.78, 5) is 11.0. The molecular weight excluding hydrogens is 216 g/mol. The van der Waals surface area contributed by atoms with Crippen molar-refractivity contribution in [3.63, 3.8) is 0 Å². The van der Waals surface area contributed by atoms with Crippen molar-refractivity contribution in [2.24, 2.45) is 0 Å². The molecule has 0 amide bonds. The third-order valence-electron chi connectivity index (χ3n) is 1.88. The van der Waals surface area contributed by atoms with Crippen LogP contribution >= 0.6 is 0 Å². The maximum Gasteiger partial charge on any atom is 0.509 e. The van der Waals surface area contributed by atoms with Gasteiger partial charge >= 0.3 is 6.16 Å². The molecule has 1 unspecified atom stereocenters. The number of carbonyl (C=O) groups excluding carboxylic acids is 1. The molecule has 94 valence electrons. The van der Waals surface area contributed by atoms with Crippen LogP contribution in [0, 0.1) is 11.8 Å². The van der Waals surface area contributed by atoms with E-state index in [9.17, 15) is 4.79 Å². The van der Waals surface area contributed by atoms with Crippen molar-refractivity contribution in [3.8, 4) is 11.8 Å². The van der Waals surface area contributed by atoms with E-state index < -0.39 is 12.3 Å². The summed E-state index contributed by atoms with van der Waals surface area (Å²) in [5.74, 6) is 5.69. The van der Waals surface area contributed by atoms with Crippen molar-refractivity contribution in [2.45, 2.75) is 39.7 Å². The van der Waals surface area contributed by atoms with Gasteiger partial charge in [-0.3, -0.25) is 0 Å². The average Bonchev–Trinajstić information content (AvgIpc) is 2.28. The zero-order chi connectivity index (χ0) is 13.1. The maximum absolute atomic E-state index is 11.0. The molecule has 0 aromatic carbocycles. The Morgan fingerprint density at radius 1 is 1.41 bits per heavy atom. The minimum Gasteiger partial charge on any atom is -0.438 e. The maximum atomic E-state index is 11.0. The fourth-order valence-electron chi connectivity index (χ4n) is 1.07. The average molecular weight is 236 g/mol. The first-order valence-electron chi connectivity index (χ1n) is 5.60. The van der Waals surface area contributed by atoms with Crippen LogP contribution in [-0.2, 0) is 9.47 Å². The summed E-state index contributed by atoms with van der Waals surface area (Å²) in [7, 11) is 1.29. The lowest BCUT2D eigenvalue weighted by Crippen LogP contribution is -2.16. The Balaban J connectivity index is 4.36. The van der Waals surface area contributed by atoms with Gasteiger partial charge in [0.15, 0.2) is 6.10 Å². The number of ether oxygens (including phenoxy) is 2. The Labute approximate surface area is 103 Å². The van der Waals surface area contributed by atoms with Crippen molar-refractivity contribution in [2.75, 3.05) is 7.11 Å². The molecule has 17 heavy (non-hydrogen) atoms. The zero-order valence-corrected chi connectivity index (χ0v) is 10.9. The van der Waals surface area contributed by atoms with Gasteiger partial charge in [0.25, 0.3) is 0 Å². The van der Waals surface area contributed by atoms with Crippen LogP contribution in [0.5, 0.6) is 0 Å². The number of rotatable bonds is 4. The van der Waals surface area contributed by atoms with Gasteiger partial charge in [-0.1, -0.05) is 29.6 Å². The summed E-state index contributed by atoms with van der Waals surface area (Å²) in [6.45, 7) is 5.94. The van der Waals surface area contributed by atoms with Crippen molar-refractivity contribution in [1.82, 2.24) is 0 Å². The second-order valence-corrected chi connectivity index (χ2v) is 3.71. The molecule has 0 saturated heterocycles. The van der Waals surface area contributed by atoms with Crippen LogP contribution < -0.4 is 0 Å². The lowest BCUT2D eigenvalue weighted by atomic mass is 10.1. The van der Waals surface area contributed by atoms with Crippen LogP contribution in [0.25, 0.3) is 0 Å². The topological polar surface area (TPSA) is 35.5 Å². The SMILES string of the molecule is CC=CC#CC(CCC=C(C)C)OC(=O)OC. The molecule has 0 aliphatic carbocycles. The second-order valence-electron chi connectivity index (χ2n) is 3.71. The Hall–Kier alpha value is -1.69. The molecule has 0 aromatic rings. The van der Waals surface area contributed by atoms with Gasteiger partial charge in [0.2, 0.25) is 0 Å². The van der Waals surface area contributed by atoms with E-state index in [-0.39, 0.29) is 0 Å². The summed E-state index contributed by atoms with van der Waals surface area (Å²) in [6.07, 6.45) is 6.02. The number of carbonyl (C=O) groups is 1. The molecule has 3 nitrogen and oxygen atoms in total. The highest BCUT2D eigenvalue weighted by Gasteiger charge is 2.10. The Kier molecular flexibility index (Phi) is 8.58. The molecule has 0 saturated carbocycles. The first-order valence-corrected chi connectivity index (χ1v) is 5.60. The molecule has 0 bridgehead atoms. The first kappa shape index (κ1) is 15.3. The molecule has 0 fully saturated rings. The minimum atomic E-state index is -0.693. The lowest BCUT2D eigenvalue weighted by molar-refractivity contribution is 0.0532. The summed E-state index contributed by atoms with van der Waals surface area (Å²) >= 11 is 0. The first-order chi connectivity index (χ1) is 8.10. The van der Waals surface area contributed by atoms with Gasteiger partial charge in [0.1, 0.15) is 0 Å². The normalized spacial score (nSPS) is 11.3. The largest absolute Gasteiger partial charge is 0.509 e. The van der Waals surface area contributed by atoms with Gasteiger partial charge in [-0.2, -0.15) is 0 Å². The van der Waals surface area contributed by atoms with Gasteiger partial charge in [-0.15, -0.1) is 0 Å². The summed E-state index contributed by atoms with van der Waals surface area (Å²) in [5.41, 5.74) is 1.24. The molecule has 0 aliphatic rings. The second kappa shape index (κ2) is 9.53. The molecule has 3 heteroatoms. The minimum absolute atomic E-state index is 0.422. The van der Waals surface area contributed by atoms with Crippen molar-refractivity contribution < 1.29 is 14.3 Å². The van der Waals surface area contributed by atoms with Crippen molar-refractivity contribution in [1.29, 1.82) is 0 Å². The molecule has 0 N–H and O–H groups in total. The highest BCUT2D eigenvalue weighted by Crippen LogP contribution is 2.05. The van der Waals surface area contributed by atoms with E-state index in [1.165, 1.54) is 12.7 Å². The van der Waals surface area contributed by atoms with E-state index >= 15 is 0 Å². The molecule has 0 heterocycles. The zero-order valence-electron chi connectivity index (χ0n) is 10.9. The third kappa shape index (κ3) is 9.25. The van der Waals surface area contributed by atoms with Gasteiger partial charge < -0.3 is 9.47 Å². The van der Waals surface area contributed by atoms with Crippen LogP contribution in [-0.4, -0.2) is 19.4 Å². The van der Waals surface area contributed by atoms with Crippen LogP contribution in [0.1, 0.15) is 33.6 Å². The fourth-order valence-corrected chi connectivity index (χ4v) is 1.07. The Morgan fingerprint density at radius 3 is 2.65 bits per heavy atom. The fraction of sp³-hybridized carbons (Fsp3) is 0.500. The van der Waals surface area contributed by atoms with Crippen molar-refractivity contribution >= 4 is 6.16 Å².